The molecular formula is C9H10N2O. The second-order valence-corrected chi connectivity index (χ2v) is 3.06. The van der Waals surface area contributed by atoms with Crippen LogP contribution in [0.5, 0.6) is 0 Å². The minimum atomic E-state index is -0.731. The van der Waals surface area contributed by atoms with E-state index in [0.29, 0.717) is 12.8 Å². The van der Waals surface area contributed by atoms with E-state index in [1.54, 1.807) is 7.05 Å². The molecule has 1 aliphatic carbocycles. The molecule has 0 aromatic rings. The molecule has 0 bridgehead atoms. The molecule has 3 nitrogen and oxygen atoms in total. The van der Waals surface area contributed by atoms with Crippen molar-refractivity contribution < 1.29 is 4.79 Å². The predicted octanol–water partition coefficient (Wildman–Crippen LogP) is 0.382. The summed E-state index contributed by atoms with van der Waals surface area (Å²) in [4.78, 5) is 12.9. The maximum absolute atomic E-state index is 11.5. The zero-order valence-corrected chi connectivity index (χ0v) is 7.00. The first-order valence-corrected chi connectivity index (χ1v) is 3.76. The Bertz CT molecular complexity index is 278. The molecule has 0 saturated heterocycles. The van der Waals surface area contributed by atoms with Crippen molar-refractivity contribution in [1.82, 2.24) is 4.90 Å². The van der Waals surface area contributed by atoms with Gasteiger partial charge in [-0.25, -0.2) is 0 Å². The molecule has 62 valence electrons. The van der Waals surface area contributed by atoms with Crippen molar-refractivity contribution in [2.45, 2.75) is 12.8 Å². The Hall–Kier alpha value is -1.48. The topological polar surface area (TPSA) is 44.1 Å². The predicted molar refractivity (Wildman–Crippen MR) is 43.8 cm³/mol. The molecule has 0 N–H and O–H groups in total. The van der Waals surface area contributed by atoms with Gasteiger partial charge in [-0.2, -0.15) is 5.26 Å². The van der Waals surface area contributed by atoms with Crippen LogP contribution in [0.15, 0.2) is 0 Å². The van der Waals surface area contributed by atoms with Crippen LogP contribution < -0.4 is 0 Å². The summed E-state index contributed by atoms with van der Waals surface area (Å²) in [5.74, 6) is 2.23. The van der Waals surface area contributed by atoms with E-state index in [1.807, 2.05) is 6.07 Å². The van der Waals surface area contributed by atoms with Crippen molar-refractivity contribution in [2.75, 3.05) is 13.6 Å². The van der Waals surface area contributed by atoms with Crippen LogP contribution in [-0.2, 0) is 4.79 Å². The van der Waals surface area contributed by atoms with Gasteiger partial charge in [0.15, 0.2) is 0 Å². The summed E-state index contributed by atoms with van der Waals surface area (Å²) in [5.41, 5.74) is -0.731. The van der Waals surface area contributed by atoms with Gasteiger partial charge in [-0.3, -0.25) is 4.79 Å². The lowest BCUT2D eigenvalue weighted by Gasteiger charge is -2.16. The van der Waals surface area contributed by atoms with E-state index < -0.39 is 5.41 Å². The van der Waals surface area contributed by atoms with Gasteiger partial charge >= 0.3 is 0 Å². The normalized spacial score (nSPS) is 17.2. The van der Waals surface area contributed by atoms with Crippen molar-refractivity contribution in [3.8, 4) is 18.4 Å². The smallest absolute Gasteiger partial charge is 0.243 e. The van der Waals surface area contributed by atoms with Crippen molar-refractivity contribution in [1.29, 1.82) is 5.26 Å². The van der Waals surface area contributed by atoms with Crippen LogP contribution in [-0.4, -0.2) is 24.4 Å². The van der Waals surface area contributed by atoms with Crippen LogP contribution in [0.25, 0.3) is 0 Å². The van der Waals surface area contributed by atoms with Crippen molar-refractivity contribution >= 4 is 5.91 Å². The first-order valence-electron chi connectivity index (χ1n) is 3.76. The number of terminal acetylenes is 1. The number of hydrogen-bond donors (Lipinski definition) is 0. The van der Waals surface area contributed by atoms with Gasteiger partial charge in [-0.15, -0.1) is 6.42 Å². The lowest BCUT2D eigenvalue weighted by atomic mass is 10.1. The standard InChI is InChI=1S/C9H10N2O/c1-3-6-11(2)8(12)9(7-10)4-5-9/h1H,4-6H2,2H3. The molecule has 1 rings (SSSR count). The molecule has 0 radical (unpaired) electrons. The molecular weight excluding hydrogens is 152 g/mol. The van der Waals surface area contributed by atoms with Gasteiger partial charge in [0.25, 0.3) is 0 Å². The molecule has 0 heterocycles. The molecule has 1 aliphatic rings. The summed E-state index contributed by atoms with van der Waals surface area (Å²) in [6.45, 7) is 0.280. The number of nitriles is 1. The van der Waals surface area contributed by atoms with Crippen LogP contribution >= 0.6 is 0 Å². The Balaban J connectivity index is 2.61. The second-order valence-electron chi connectivity index (χ2n) is 3.06. The third-order valence-electron chi connectivity index (χ3n) is 2.05. The molecule has 3 heteroatoms. The van der Waals surface area contributed by atoms with E-state index in [9.17, 15) is 4.79 Å². The van der Waals surface area contributed by atoms with Crippen molar-refractivity contribution in [2.24, 2.45) is 5.41 Å². The van der Waals surface area contributed by atoms with Crippen LogP contribution in [0.1, 0.15) is 12.8 Å². The molecule has 12 heavy (non-hydrogen) atoms. The minimum absolute atomic E-state index is 0.136. The highest BCUT2D eigenvalue weighted by atomic mass is 16.2. The lowest BCUT2D eigenvalue weighted by Crippen LogP contribution is -2.33. The van der Waals surface area contributed by atoms with E-state index in [-0.39, 0.29) is 12.5 Å². The Labute approximate surface area is 72.0 Å². The average molecular weight is 162 g/mol. The number of amides is 1. The molecule has 0 spiro atoms. The summed E-state index contributed by atoms with van der Waals surface area (Å²) in [7, 11) is 1.62. The SMILES string of the molecule is C#CCN(C)C(=O)C1(C#N)CC1. The molecule has 0 aromatic carbocycles. The van der Waals surface area contributed by atoms with Crippen LogP contribution in [0, 0.1) is 29.1 Å². The van der Waals surface area contributed by atoms with Crippen LogP contribution in [0.3, 0.4) is 0 Å². The summed E-state index contributed by atoms with van der Waals surface area (Å²) < 4.78 is 0. The van der Waals surface area contributed by atoms with Gasteiger partial charge in [0.05, 0.1) is 12.6 Å². The van der Waals surface area contributed by atoms with Gasteiger partial charge in [0.1, 0.15) is 5.41 Å². The van der Waals surface area contributed by atoms with Gasteiger partial charge < -0.3 is 4.90 Å². The van der Waals surface area contributed by atoms with Crippen molar-refractivity contribution in [3.63, 3.8) is 0 Å². The third kappa shape index (κ3) is 1.26. The monoisotopic (exact) mass is 162 g/mol. The Morgan fingerprint density at radius 1 is 1.75 bits per heavy atom. The fraction of sp³-hybridized carbons (Fsp3) is 0.556. The van der Waals surface area contributed by atoms with Gasteiger partial charge in [0, 0.05) is 7.05 Å². The number of rotatable bonds is 2. The number of carbonyl (C=O) groups excluding carboxylic acids is 1. The fourth-order valence-corrected chi connectivity index (χ4v) is 1.07. The zero-order valence-electron chi connectivity index (χ0n) is 7.00. The zero-order chi connectivity index (χ0) is 9.19. The number of nitrogens with zero attached hydrogens (tertiary/aromatic N) is 2. The molecule has 0 unspecified atom stereocenters. The minimum Gasteiger partial charge on any atom is -0.333 e. The summed E-state index contributed by atoms with van der Waals surface area (Å²) in [6.07, 6.45) is 6.40. The first kappa shape index (κ1) is 8.62. The molecule has 0 atom stereocenters. The number of carbonyl (C=O) groups is 1. The highest BCUT2D eigenvalue weighted by Gasteiger charge is 2.51. The number of hydrogen-bond acceptors (Lipinski definition) is 2. The van der Waals surface area contributed by atoms with E-state index >= 15 is 0 Å². The molecule has 0 aromatic heterocycles. The maximum Gasteiger partial charge on any atom is 0.243 e. The molecule has 1 saturated carbocycles. The van der Waals surface area contributed by atoms with Gasteiger partial charge in [-0.1, -0.05) is 5.92 Å². The largest absolute Gasteiger partial charge is 0.333 e. The summed E-state index contributed by atoms with van der Waals surface area (Å²) >= 11 is 0. The summed E-state index contributed by atoms with van der Waals surface area (Å²) in [6, 6.07) is 2.03. The van der Waals surface area contributed by atoms with E-state index in [2.05, 4.69) is 5.92 Å². The average Bonchev–Trinajstić information content (AvgIpc) is 2.84. The first-order chi connectivity index (χ1) is 5.66. The Morgan fingerprint density at radius 3 is 2.67 bits per heavy atom. The van der Waals surface area contributed by atoms with Gasteiger partial charge in [0.2, 0.25) is 5.91 Å². The summed E-state index contributed by atoms with van der Waals surface area (Å²) in [5, 5.41) is 8.69. The molecule has 0 aliphatic heterocycles. The van der Waals surface area contributed by atoms with Crippen molar-refractivity contribution in [3.05, 3.63) is 0 Å². The second kappa shape index (κ2) is 2.87. The van der Waals surface area contributed by atoms with Crippen LogP contribution in [0.2, 0.25) is 0 Å². The highest BCUT2D eigenvalue weighted by molar-refractivity contribution is 5.88. The van der Waals surface area contributed by atoms with E-state index in [4.69, 9.17) is 11.7 Å². The van der Waals surface area contributed by atoms with Gasteiger partial charge in [-0.05, 0) is 12.8 Å². The van der Waals surface area contributed by atoms with Crippen LogP contribution in [0.4, 0.5) is 0 Å². The van der Waals surface area contributed by atoms with E-state index in [1.165, 1.54) is 4.90 Å². The third-order valence-corrected chi connectivity index (χ3v) is 2.05. The van der Waals surface area contributed by atoms with E-state index in [0.717, 1.165) is 0 Å². The molecule has 1 amide bonds. The fourth-order valence-electron chi connectivity index (χ4n) is 1.07. The Kier molecular flexibility index (Phi) is 2.06. The maximum atomic E-state index is 11.5. The molecule has 1 fully saturated rings. The quantitative estimate of drug-likeness (QED) is 0.551. The lowest BCUT2D eigenvalue weighted by molar-refractivity contribution is -0.133. The highest BCUT2D eigenvalue weighted by Crippen LogP contribution is 2.46. The Morgan fingerprint density at radius 2 is 2.33 bits per heavy atom.